The van der Waals surface area contributed by atoms with Gasteiger partial charge in [-0.25, -0.2) is 9.67 Å². The maximum Gasteiger partial charge on any atom is 0.307 e. The molecule has 0 spiro atoms. The van der Waals surface area contributed by atoms with Crippen molar-refractivity contribution < 1.29 is 14.6 Å². The summed E-state index contributed by atoms with van der Waals surface area (Å²) >= 11 is 0. The molecule has 1 fully saturated rings. The van der Waals surface area contributed by atoms with E-state index in [1.807, 2.05) is 4.68 Å². The number of hydrogen-bond donors (Lipinski definition) is 1. The second-order valence-corrected chi connectivity index (χ2v) is 5.46. The summed E-state index contributed by atoms with van der Waals surface area (Å²) in [7, 11) is 0. The highest BCUT2D eigenvalue weighted by molar-refractivity contribution is 5.70. The first kappa shape index (κ1) is 12.6. The first-order chi connectivity index (χ1) is 9.22. The smallest absolute Gasteiger partial charge is 0.307 e. The summed E-state index contributed by atoms with van der Waals surface area (Å²) in [6.07, 6.45) is 4.20. The van der Waals surface area contributed by atoms with Crippen molar-refractivity contribution in [2.24, 2.45) is 11.8 Å². The highest BCUT2D eigenvalue weighted by Crippen LogP contribution is 2.22. The van der Waals surface area contributed by atoms with E-state index >= 15 is 0 Å². The van der Waals surface area contributed by atoms with E-state index in [9.17, 15) is 4.79 Å². The third kappa shape index (κ3) is 2.78. The van der Waals surface area contributed by atoms with Crippen LogP contribution in [0, 0.1) is 11.8 Å². The van der Waals surface area contributed by atoms with Crippen molar-refractivity contribution in [3.05, 3.63) is 11.6 Å². The van der Waals surface area contributed by atoms with Gasteiger partial charge >= 0.3 is 5.97 Å². The molecule has 1 unspecified atom stereocenters. The summed E-state index contributed by atoms with van der Waals surface area (Å²) in [6.45, 7) is 2.34. The van der Waals surface area contributed by atoms with Gasteiger partial charge in [0.15, 0.2) is 5.82 Å². The number of ether oxygens (including phenoxy) is 1. The Labute approximate surface area is 111 Å². The van der Waals surface area contributed by atoms with Gasteiger partial charge in [-0.2, -0.15) is 5.10 Å². The number of carboxylic acids is 1. The number of fused-ring (bicyclic) bond motifs is 1. The summed E-state index contributed by atoms with van der Waals surface area (Å²) in [5, 5.41) is 13.6. The molecule has 2 aliphatic rings. The molecular weight excluding hydrogens is 246 g/mol. The van der Waals surface area contributed by atoms with Crippen LogP contribution in [0.25, 0.3) is 0 Å². The molecular formula is C13H19N3O3. The highest BCUT2D eigenvalue weighted by Gasteiger charge is 2.27. The molecule has 6 nitrogen and oxygen atoms in total. The molecule has 3 heterocycles. The number of aromatic nitrogens is 3. The van der Waals surface area contributed by atoms with Gasteiger partial charge in [-0.1, -0.05) is 0 Å². The molecule has 1 N–H and O–H groups in total. The third-order valence-corrected chi connectivity index (χ3v) is 4.07. The molecule has 0 aromatic carbocycles. The molecule has 0 aliphatic carbocycles. The van der Waals surface area contributed by atoms with Crippen molar-refractivity contribution in [2.45, 2.75) is 38.6 Å². The predicted octanol–water partition coefficient (Wildman–Crippen LogP) is 0.894. The Balaban J connectivity index is 1.67. The number of carbonyl (C=O) groups is 1. The Kier molecular flexibility index (Phi) is 3.50. The minimum atomic E-state index is -0.722. The predicted molar refractivity (Wildman–Crippen MR) is 66.7 cm³/mol. The molecule has 1 saturated heterocycles. The fourth-order valence-electron chi connectivity index (χ4n) is 2.86. The topological polar surface area (TPSA) is 77.2 Å². The lowest BCUT2D eigenvalue weighted by molar-refractivity contribution is -0.142. The van der Waals surface area contributed by atoms with Crippen LogP contribution in [-0.2, 0) is 28.9 Å². The lowest BCUT2D eigenvalue weighted by Crippen LogP contribution is -2.26. The quantitative estimate of drug-likeness (QED) is 0.878. The lowest BCUT2D eigenvalue weighted by Gasteiger charge is -2.20. The summed E-state index contributed by atoms with van der Waals surface area (Å²) < 4.78 is 7.23. The van der Waals surface area contributed by atoms with Crippen LogP contribution in [0.4, 0.5) is 0 Å². The number of carboxylic acid groups (broad SMARTS) is 1. The van der Waals surface area contributed by atoms with Crippen LogP contribution < -0.4 is 0 Å². The first-order valence-corrected chi connectivity index (χ1v) is 6.95. The van der Waals surface area contributed by atoms with E-state index in [1.165, 1.54) is 0 Å². The van der Waals surface area contributed by atoms with E-state index in [1.54, 1.807) is 0 Å². The molecule has 0 radical (unpaired) electrons. The highest BCUT2D eigenvalue weighted by atomic mass is 16.5. The van der Waals surface area contributed by atoms with E-state index < -0.39 is 5.97 Å². The Bertz CT molecular complexity index is 466. The van der Waals surface area contributed by atoms with Gasteiger partial charge in [-0.3, -0.25) is 4.79 Å². The van der Waals surface area contributed by atoms with Crippen LogP contribution in [-0.4, -0.2) is 39.1 Å². The Morgan fingerprint density at radius 2 is 2.16 bits per heavy atom. The molecule has 0 saturated carbocycles. The van der Waals surface area contributed by atoms with E-state index in [0.29, 0.717) is 25.3 Å². The fraction of sp³-hybridized carbons (Fsp3) is 0.769. The molecule has 1 aromatic rings. The molecule has 0 bridgehead atoms. The minimum Gasteiger partial charge on any atom is -0.481 e. The normalized spacial score (nSPS) is 24.1. The second-order valence-electron chi connectivity index (χ2n) is 5.46. The van der Waals surface area contributed by atoms with Crippen molar-refractivity contribution in [3.8, 4) is 0 Å². The van der Waals surface area contributed by atoms with Gasteiger partial charge in [0.1, 0.15) is 5.82 Å². The summed E-state index contributed by atoms with van der Waals surface area (Å²) in [5.74, 6) is 1.29. The summed E-state index contributed by atoms with van der Waals surface area (Å²) in [4.78, 5) is 15.5. The van der Waals surface area contributed by atoms with Crippen molar-refractivity contribution in [3.63, 3.8) is 0 Å². The van der Waals surface area contributed by atoms with Gasteiger partial charge < -0.3 is 9.84 Å². The van der Waals surface area contributed by atoms with Crippen LogP contribution >= 0.6 is 0 Å². The van der Waals surface area contributed by atoms with Crippen LogP contribution in [0.2, 0.25) is 0 Å². The average Bonchev–Trinajstić information content (AvgIpc) is 2.80. The molecule has 1 aromatic heterocycles. The van der Waals surface area contributed by atoms with Gasteiger partial charge in [0.25, 0.3) is 0 Å². The average molecular weight is 265 g/mol. The molecule has 1 atom stereocenters. The van der Waals surface area contributed by atoms with Crippen LogP contribution in [0.5, 0.6) is 0 Å². The van der Waals surface area contributed by atoms with Gasteiger partial charge in [-0.15, -0.1) is 0 Å². The van der Waals surface area contributed by atoms with Crippen molar-refractivity contribution in [1.29, 1.82) is 0 Å². The largest absolute Gasteiger partial charge is 0.481 e. The molecule has 0 amide bonds. The maximum absolute atomic E-state index is 11.0. The Morgan fingerprint density at radius 3 is 2.89 bits per heavy atom. The minimum absolute atomic E-state index is 0.298. The Morgan fingerprint density at radius 1 is 1.37 bits per heavy atom. The molecule has 6 heteroatoms. The van der Waals surface area contributed by atoms with Crippen molar-refractivity contribution in [1.82, 2.24) is 14.8 Å². The second kappa shape index (κ2) is 5.28. The lowest BCUT2D eigenvalue weighted by atomic mass is 9.96. The van der Waals surface area contributed by atoms with Gasteiger partial charge in [-0.05, 0) is 25.2 Å². The zero-order valence-corrected chi connectivity index (χ0v) is 10.9. The van der Waals surface area contributed by atoms with Crippen LogP contribution in [0.3, 0.4) is 0 Å². The van der Waals surface area contributed by atoms with E-state index in [0.717, 1.165) is 44.1 Å². The van der Waals surface area contributed by atoms with E-state index in [-0.39, 0.29) is 5.92 Å². The van der Waals surface area contributed by atoms with Crippen LogP contribution in [0.1, 0.15) is 30.9 Å². The number of hydrogen-bond acceptors (Lipinski definition) is 4. The number of aryl methyl sites for hydroxylation is 1. The van der Waals surface area contributed by atoms with Crippen molar-refractivity contribution >= 4 is 5.97 Å². The zero-order valence-electron chi connectivity index (χ0n) is 10.9. The number of nitrogens with zero attached hydrogens (tertiary/aromatic N) is 3. The SMILES string of the molecule is O=C(O)C1CCn2nc(CC3CCOCC3)nc2C1. The van der Waals surface area contributed by atoms with Crippen LogP contribution in [0.15, 0.2) is 0 Å². The van der Waals surface area contributed by atoms with E-state index in [4.69, 9.17) is 9.84 Å². The number of aliphatic carboxylic acids is 1. The van der Waals surface area contributed by atoms with Gasteiger partial charge in [0.05, 0.1) is 5.92 Å². The monoisotopic (exact) mass is 265 g/mol. The summed E-state index contributed by atoms with van der Waals surface area (Å²) in [6, 6.07) is 0. The van der Waals surface area contributed by atoms with E-state index in [2.05, 4.69) is 10.1 Å². The van der Waals surface area contributed by atoms with Gasteiger partial charge in [0, 0.05) is 32.6 Å². The fourth-order valence-corrected chi connectivity index (χ4v) is 2.86. The molecule has 19 heavy (non-hydrogen) atoms. The molecule has 104 valence electrons. The first-order valence-electron chi connectivity index (χ1n) is 6.95. The molecule has 3 rings (SSSR count). The van der Waals surface area contributed by atoms with Gasteiger partial charge in [0.2, 0.25) is 0 Å². The maximum atomic E-state index is 11.0. The zero-order chi connectivity index (χ0) is 13.2. The van der Waals surface area contributed by atoms with Crippen molar-refractivity contribution in [2.75, 3.05) is 13.2 Å². The Hall–Kier alpha value is -1.43. The third-order valence-electron chi connectivity index (χ3n) is 4.07. The number of rotatable bonds is 3. The molecule has 2 aliphatic heterocycles. The standard InChI is InChI=1S/C13H19N3O3/c17-13(18)10-1-4-16-12(8-10)14-11(15-16)7-9-2-5-19-6-3-9/h9-10H,1-8H2,(H,17,18). The summed E-state index contributed by atoms with van der Waals surface area (Å²) in [5.41, 5.74) is 0.